The predicted molar refractivity (Wildman–Crippen MR) is 81.2 cm³/mol. The van der Waals surface area contributed by atoms with E-state index in [2.05, 4.69) is 38.0 Å². The van der Waals surface area contributed by atoms with Crippen LogP contribution in [0.25, 0.3) is 0 Å². The molecule has 1 N–H and O–H groups in total. The Morgan fingerprint density at radius 3 is 2.79 bits per heavy atom. The molecule has 2 rings (SSSR count). The summed E-state index contributed by atoms with van der Waals surface area (Å²) >= 11 is 1.81. The zero-order chi connectivity index (χ0) is 14.0. The Morgan fingerprint density at radius 2 is 2.26 bits per heavy atom. The van der Waals surface area contributed by atoms with Gasteiger partial charge in [0.2, 0.25) is 0 Å². The summed E-state index contributed by atoms with van der Waals surface area (Å²) < 4.78 is 5.66. The highest BCUT2D eigenvalue weighted by molar-refractivity contribution is 7.15. The van der Waals surface area contributed by atoms with E-state index in [1.165, 1.54) is 10.6 Å². The molecule has 0 saturated carbocycles. The fraction of sp³-hybridized carbons (Fsp3) is 0.786. The number of aromatic nitrogens is 1. The van der Waals surface area contributed by atoms with Crippen molar-refractivity contribution >= 4 is 16.5 Å². The lowest BCUT2D eigenvalue weighted by atomic mass is 10.1. The third-order valence-corrected chi connectivity index (χ3v) is 4.90. The molecule has 1 aromatic rings. The molecular weight excluding hydrogens is 258 g/mol. The van der Waals surface area contributed by atoms with E-state index < -0.39 is 0 Å². The van der Waals surface area contributed by atoms with Crippen molar-refractivity contribution < 1.29 is 4.74 Å². The van der Waals surface area contributed by atoms with Crippen molar-refractivity contribution in [2.24, 2.45) is 0 Å². The molecule has 1 aliphatic heterocycles. The van der Waals surface area contributed by atoms with Crippen LogP contribution in [-0.4, -0.2) is 37.8 Å². The van der Waals surface area contributed by atoms with Crippen LogP contribution in [0.15, 0.2) is 0 Å². The highest BCUT2D eigenvalue weighted by Gasteiger charge is 2.30. The molecule has 5 heteroatoms. The van der Waals surface area contributed by atoms with Crippen LogP contribution in [0.1, 0.15) is 43.7 Å². The second-order valence-electron chi connectivity index (χ2n) is 5.53. The van der Waals surface area contributed by atoms with Crippen LogP contribution in [0.4, 0.5) is 5.13 Å². The quantitative estimate of drug-likeness (QED) is 0.901. The van der Waals surface area contributed by atoms with E-state index in [1.807, 2.05) is 7.05 Å². The van der Waals surface area contributed by atoms with Gasteiger partial charge >= 0.3 is 0 Å². The fourth-order valence-corrected chi connectivity index (χ4v) is 3.86. The van der Waals surface area contributed by atoms with Gasteiger partial charge in [0, 0.05) is 25.1 Å². The molecule has 0 aromatic carbocycles. The number of nitrogens with one attached hydrogen (secondary N) is 1. The van der Waals surface area contributed by atoms with Crippen molar-refractivity contribution in [1.82, 2.24) is 10.3 Å². The average molecular weight is 283 g/mol. The minimum atomic E-state index is 0.296. The van der Waals surface area contributed by atoms with Crippen molar-refractivity contribution in [2.45, 2.75) is 51.8 Å². The van der Waals surface area contributed by atoms with Gasteiger partial charge in [0.25, 0.3) is 0 Å². The molecule has 19 heavy (non-hydrogen) atoms. The van der Waals surface area contributed by atoms with Gasteiger partial charge < -0.3 is 15.0 Å². The molecule has 0 spiro atoms. The molecule has 1 aliphatic rings. The number of hydrogen-bond acceptors (Lipinski definition) is 5. The van der Waals surface area contributed by atoms with Crippen molar-refractivity contribution in [2.75, 3.05) is 25.6 Å². The van der Waals surface area contributed by atoms with Gasteiger partial charge in [0.05, 0.1) is 17.8 Å². The molecule has 2 unspecified atom stereocenters. The number of rotatable bonds is 5. The maximum Gasteiger partial charge on any atom is 0.185 e. The van der Waals surface area contributed by atoms with Crippen LogP contribution in [0.2, 0.25) is 0 Å². The van der Waals surface area contributed by atoms with Gasteiger partial charge in [-0.3, -0.25) is 0 Å². The number of anilines is 1. The molecule has 0 bridgehead atoms. The monoisotopic (exact) mass is 283 g/mol. The van der Waals surface area contributed by atoms with Crippen LogP contribution in [0.3, 0.4) is 0 Å². The molecule has 2 atom stereocenters. The van der Waals surface area contributed by atoms with Crippen molar-refractivity contribution in [3.05, 3.63) is 10.6 Å². The topological polar surface area (TPSA) is 37.4 Å². The Balaban J connectivity index is 2.21. The largest absolute Gasteiger partial charge is 0.376 e. The summed E-state index contributed by atoms with van der Waals surface area (Å²) in [5.41, 5.74) is 1.23. The van der Waals surface area contributed by atoms with E-state index in [9.17, 15) is 0 Å². The van der Waals surface area contributed by atoms with Gasteiger partial charge in [-0.05, 0) is 26.3 Å². The highest BCUT2D eigenvalue weighted by atomic mass is 32.1. The summed E-state index contributed by atoms with van der Waals surface area (Å²) in [7, 11) is 4.13. The molecule has 0 aliphatic carbocycles. The third kappa shape index (κ3) is 3.09. The Hall–Kier alpha value is -0.650. The molecule has 0 amide bonds. The normalized spacial score (nSPS) is 23.3. The van der Waals surface area contributed by atoms with E-state index in [4.69, 9.17) is 9.72 Å². The van der Waals surface area contributed by atoms with Crippen molar-refractivity contribution in [1.29, 1.82) is 0 Å². The molecule has 1 aromatic heterocycles. The van der Waals surface area contributed by atoms with E-state index in [1.54, 1.807) is 11.3 Å². The van der Waals surface area contributed by atoms with Crippen LogP contribution in [0, 0.1) is 0 Å². The summed E-state index contributed by atoms with van der Waals surface area (Å²) in [5.74, 6) is 0.471. The maximum atomic E-state index is 5.66. The molecule has 1 saturated heterocycles. The highest BCUT2D eigenvalue weighted by Crippen LogP contribution is 2.33. The standard InChI is InChI=1S/C14H25N3OS/c1-9(2)13-12(8-15-4)19-14(16-13)17(5)11-6-7-18-10(11)3/h9-11,15H,6-8H2,1-5H3. The van der Waals surface area contributed by atoms with Gasteiger partial charge in [-0.15, -0.1) is 11.3 Å². The first-order valence-electron chi connectivity index (χ1n) is 7.03. The lowest BCUT2D eigenvalue weighted by molar-refractivity contribution is 0.118. The smallest absolute Gasteiger partial charge is 0.185 e. The Kier molecular flexibility index (Phi) is 4.81. The molecular formula is C14H25N3OS. The van der Waals surface area contributed by atoms with E-state index >= 15 is 0 Å². The van der Waals surface area contributed by atoms with Crippen LogP contribution >= 0.6 is 11.3 Å². The zero-order valence-electron chi connectivity index (χ0n) is 12.6. The minimum Gasteiger partial charge on any atom is -0.376 e. The van der Waals surface area contributed by atoms with Gasteiger partial charge in [0.15, 0.2) is 5.13 Å². The van der Waals surface area contributed by atoms with Gasteiger partial charge in [-0.1, -0.05) is 13.8 Å². The second kappa shape index (κ2) is 6.20. The van der Waals surface area contributed by atoms with E-state index in [-0.39, 0.29) is 0 Å². The zero-order valence-corrected chi connectivity index (χ0v) is 13.4. The maximum absolute atomic E-state index is 5.66. The van der Waals surface area contributed by atoms with Gasteiger partial charge in [-0.2, -0.15) is 0 Å². The van der Waals surface area contributed by atoms with Crippen LogP contribution in [0.5, 0.6) is 0 Å². The molecule has 108 valence electrons. The van der Waals surface area contributed by atoms with Crippen LogP contribution < -0.4 is 10.2 Å². The molecule has 0 radical (unpaired) electrons. The van der Waals surface area contributed by atoms with Crippen LogP contribution in [-0.2, 0) is 11.3 Å². The summed E-state index contributed by atoms with van der Waals surface area (Å²) in [4.78, 5) is 8.51. The molecule has 1 fully saturated rings. The van der Waals surface area contributed by atoms with Gasteiger partial charge in [0.1, 0.15) is 0 Å². The fourth-order valence-electron chi connectivity index (χ4n) is 2.61. The number of thiazole rings is 1. The minimum absolute atomic E-state index is 0.296. The van der Waals surface area contributed by atoms with Gasteiger partial charge in [-0.25, -0.2) is 4.98 Å². The number of ether oxygens (including phenoxy) is 1. The first kappa shape index (κ1) is 14.8. The first-order chi connectivity index (χ1) is 9.04. The number of hydrogen-bond donors (Lipinski definition) is 1. The second-order valence-corrected chi connectivity index (χ2v) is 6.59. The Bertz CT molecular complexity index is 419. The lowest BCUT2D eigenvalue weighted by Gasteiger charge is -2.26. The summed E-state index contributed by atoms with van der Waals surface area (Å²) in [6, 6.07) is 0.452. The Labute approximate surface area is 120 Å². The summed E-state index contributed by atoms with van der Waals surface area (Å²) in [6.07, 6.45) is 1.39. The van der Waals surface area contributed by atoms with Crippen molar-refractivity contribution in [3.63, 3.8) is 0 Å². The van der Waals surface area contributed by atoms with E-state index in [0.29, 0.717) is 18.1 Å². The molecule has 2 heterocycles. The first-order valence-corrected chi connectivity index (χ1v) is 7.84. The number of nitrogens with zero attached hydrogens (tertiary/aromatic N) is 2. The van der Waals surface area contributed by atoms with Crippen molar-refractivity contribution in [3.8, 4) is 0 Å². The molecule has 4 nitrogen and oxygen atoms in total. The Morgan fingerprint density at radius 1 is 1.53 bits per heavy atom. The summed E-state index contributed by atoms with van der Waals surface area (Å²) in [5, 5.41) is 4.36. The summed E-state index contributed by atoms with van der Waals surface area (Å²) in [6.45, 7) is 8.33. The lowest BCUT2D eigenvalue weighted by Crippen LogP contribution is -2.36. The van der Waals surface area contributed by atoms with E-state index in [0.717, 1.165) is 24.7 Å². The SMILES string of the molecule is CNCc1sc(N(C)C2CCOC2C)nc1C(C)C. The number of likely N-dealkylation sites (N-methyl/N-ethyl adjacent to an activating group) is 1. The predicted octanol–water partition coefficient (Wildman–Crippen LogP) is 2.60. The third-order valence-electron chi connectivity index (χ3n) is 3.74. The average Bonchev–Trinajstić information content (AvgIpc) is 2.95.